The van der Waals surface area contributed by atoms with Crippen LogP contribution in [0.2, 0.25) is 0 Å². The van der Waals surface area contributed by atoms with E-state index in [1.807, 2.05) is 0 Å². The van der Waals surface area contributed by atoms with Crippen LogP contribution in [-0.4, -0.2) is 45.4 Å². The summed E-state index contributed by atoms with van der Waals surface area (Å²) < 4.78 is 127. The molecule has 2 N–H and O–H groups in total. The summed E-state index contributed by atoms with van der Waals surface area (Å²) in [6.45, 7) is -0.111. The molecule has 2 aromatic carbocycles. The van der Waals surface area contributed by atoms with Crippen molar-refractivity contribution in [2.24, 2.45) is 0 Å². The van der Waals surface area contributed by atoms with Gasteiger partial charge in [-0.15, -0.1) is 0 Å². The molecule has 0 aromatic heterocycles. The zero-order chi connectivity index (χ0) is 32.5. The normalized spacial score (nSPS) is 19.5. The molecule has 44 heavy (non-hydrogen) atoms. The number of halogens is 7. The minimum Gasteiger partial charge on any atom is -0.493 e. The summed E-state index contributed by atoms with van der Waals surface area (Å²) in [5, 5.41) is 1.73. The van der Waals surface area contributed by atoms with Crippen LogP contribution in [0, 0.1) is 5.82 Å². The van der Waals surface area contributed by atoms with Gasteiger partial charge in [0, 0.05) is 24.5 Å². The molecule has 2 aliphatic rings. The molecule has 1 saturated carbocycles. The van der Waals surface area contributed by atoms with E-state index < -0.39 is 75.1 Å². The van der Waals surface area contributed by atoms with E-state index in [2.05, 4.69) is 0 Å². The average molecular weight is 651 g/mol. The van der Waals surface area contributed by atoms with Gasteiger partial charge < -0.3 is 10.1 Å². The van der Waals surface area contributed by atoms with Crippen LogP contribution in [0.25, 0.3) is 5.57 Å². The maximum absolute atomic E-state index is 15.4. The molecular weight excluding hydrogens is 621 g/mol. The van der Waals surface area contributed by atoms with Crippen LogP contribution >= 0.6 is 0 Å². The fourth-order valence-electron chi connectivity index (χ4n) is 5.08. The number of hydrogen-bond donors (Lipinski definition) is 2. The van der Waals surface area contributed by atoms with Gasteiger partial charge in [-0.05, 0) is 66.9 Å². The number of nitrogens with one attached hydrogen (secondary N) is 2. The number of unbranched alkanes of at least 4 members (excludes halogenated alkanes) is 2. The predicted molar refractivity (Wildman–Crippen MR) is 145 cm³/mol. The Morgan fingerprint density at radius 1 is 1.02 bits per heavy atom. The standard InChI is InChI=1S/C29H29F7N2O5S/c1-44(41,42)38-26(40)24-21(19-9-7-18(8-10-19)17-5-6-17)16-27(29(34,35)36,37-25(24)39)22-12-11-20(15-23(22)30)43-14-4-2-3-13-28(31,32)33/h7-12,15,17H,2-6,13-14,16H2,1H3,(H,37,39)(H,38,40)/t27-/m0/s1. The second kappa shape index (κ2) is 12.4. The smallest absolute Gasteiger partial charge is 0.416 e. The number of hydrogen-bond acceptors (Lipinski definition) is 5. The molecule has 7 nitrogen and oxygen atoms in total. The molecule has 4 rings (SSSR count). The van der Waals surface area contributed by atoms with Crippen molar-refractivity contribution in [1.82, 2.24) is 10.0 Å². The molecule has 0 bridgehead atoms. The summed E-state index contributed by atoms with van der Waals surface area (Å²) in [7, 11) is -4.21. The molecule has 0 spiro atoms. The minimum atomic E-state index is -5.30. The maximum Gasteiger partial charge on any atom is 0.416 e. The van der Waals surface area contributed by atoms with Crippen LogP contribution in [0.15, 0.2) is 48.0 Å². The number of ether oxygens (including phenoxy) is 1. The summed E-state index contributed by atoms with van der Waals surface area (Å²) in [4.78, 5) is 26.1. The van der Waals surface area contributed by atoms with E-state index >= 15 is 4.39 Å². The van der Waals surface area contributed by atoms with Gasteiger partial charge in [0.15, 0.2) is 5.54 Å². The SMILES string of the molecule is CS(=O)(=O)NC(=O)C1=C(c2ccc(C3CC3)cc2)C[C@](c2ccc(OCCCCCC(F)(F)F)cc2F)(C(F)(F)F)NC1=O. The van der Waals surface area contributed by atoms with Crippen molar-refractivity contribution < 1.29 is 53.5 Å². The Hall–Kier alpha value is -3.62. The summed E-state index contributed by atoms with van der Waals surface area (Å²) in [5.74, 6) is -4.30. The number of rotatable bonds is 11. The van der Waals surface area contributed by atoms with Gasteiger partial charge in [0.1, 0.15) is 17.1 Å². The Bertz CT molecular complexity index is 1550. The molecule has 1 heterocycles. The van der Waals surface area contributed by atoms with Gasteiger partial charge >= 0.3 is 12.4 Å². The summed E-state index contributed by atoms with van der Waals surface area (Å²) in [5.41, 5.74) is -4.69. The highest BCUT2D eigenvalue weighted by molar-refractivity contribution is 7.89. The van der Waals surface area contributed by atoms with Gasteiger partial charge in [0.05, 0.1) is 12.9 Å². The number of sulfonamides is 1. The highest BCUT2D eigenvalue weighted by atomic mass is 32.2. The molecular formula is C29H29F7N2O5S. The number of carbonyl (C=O) groups is 2. The largest absolute Gasteiger partial charge is 0.493 e. The minimum absolute atomic E-state index is 0.0439. The lowest BCUT2D eigenvalue weighted by molar-refractivity contribution is -0.202. The maximum atomic E-state index is 15.4. The molecule has 1 atom stereocenters. The average Bonchev–Trinajstić information content (AvgIpc) is 3.74. The van der Waals surface area contributed by atoms with Gasteiger partial charge in [0.2, 0.25) is 10.0 Å². The third kappa shape index (κ3) is 7.90. The molecule has 2 aromatic rings. The van der Waals surface area contributed by atoms with Crippen LogP contribution < -0.4 is 14.8 Å². The van der Waals surface area contributed by atoms with Gasteiger partial charge in [-0.3, -0.25) is 9.59 Å². The molecule has 2 amide bonds. The number of amides is 2. The zero-order valence-corrected chi connectivity index (χ0v) is 24.2. The summed E-state index contributed by atoms with van der Waals surface area (Å²) in [6.07, 6.45) is -9.01. The van der Waals surface area contributed by atoms with Crippen LogP contribution in [-0.2, 0) is 25.2 Å². The van der Waals surface area contributed by atoms with E-state index in [1.54, 1.807) is 22.2 Å². The first-order chi connectivity index (χ1) is 20.4. The second-order valence-electron chi connectivity index (χ2n) is 10.9. The van der Waals surface area contributed by atoms with E-state index in [4.69, 9.17) is 4.74 Å². The lowest BCUT2D eigenvalue weighted by Crippen LogP contribution is -2.60. The quantitative estimate of drug-likeness (QED) is 0.176. The lowest BCUT2D eigenvalue weighted by Gasteiger charge is -2.41. The van der Waals surface area contributed by atoms with Gasteiger partial charge in [-0.2, -0.15) is 26.3 Å². The molecule has 240 valence electrons. The molecule has 0 unspecified atom stereocenters. The summed E-state index contributed by atoms with van der Waals surface area (Å²) in [6, 6.07) is 8.62. The first-order valence-electron chi connectivity index (χ1n) is 13.6. The van der Waals surface area contributed by atoms with Crippen molar-refractivity contribution in [3.63, 3.8) is 0 Å². The molecule has 1 aliphatic carbocycles. The van der Waals surface area contributed by atoms with Crippen LogP contribution in [0.1, 0.15) is 67.6 Å². The number of benzene rings is 2. The van der Waals surface area contributed by atoms with Gasteiger partial charge in [-0.25, -0.2) is 17.5 Å². The third-order valence-electron chi connectivity index (χ3n) is 7.37. The first-order valence-corrected chi connectivity index (χ1v) is 15.5. The molecule has 0 radical (unpaired) electrons. The molecule has 0 saturated heterocycles. The van der Waals surface area contributed by atoms with Crippen LogP contribution in [0.4, 0.5) is 30.7 Å². The van der Waals surface area contributed by atoms with Crippen LogP contribution in [0.3, 0.4) is 0 Å². The zero-order valence-electron chi connectivity index (χ0n) is 23.4. The topological polar surface area (TPSA) is 102 Å². The molecule has 1 fully saturated rings. The Balaban J connectivity index is 1.68. The summed E-state index contributed by atoms with van der Waals surface area (Å²) >= 11 is 0. The second-order valence-corrected chi connectivity index (χ2v) is 12.7. The van der Waals surface area contributed by atoms with Gasteiger partial charge in [0.25, 0.3) is 11.8 Å². The number of carbonyl (C=O) groups excluding carboxylic acids is 2. The Morgan fingerprint density at radius 2 is 1.68 bits per heavy atom. The van der Waals surface area contributed by atoms with Crippen molar-refractivity contribution in [1.29, 1.82) is 0 Å². The molecule has 1 aliphatic heterocycles. The van der Waals surface area contributed by atoms with Crippen molar-refractivity contribution in [3.05, 3.63) is 70.5 Å². The van der Waals surface area contributed by atoms with E-state index in [1.165, 1.54) is 12.1 Å². The Labute approximate surface area is 248 Å². The van der Waals surface area contributed by atoms with E-state index in [9.17, 15) is 44.3 Å². The lowest BCUT2D eigenvalue weighted by atomic mass is 9.76. The van der Waals surface area contributed by atoms with E-state index in [-0.39, 0.29) is 43.1 Å². The van der Waals surface area contributed by atoms with Gasteiger partial charge in [-0.1, -0.05) is 24.3 Å². The van der Waals surface area contributed by atoms with Crippen molar-refractivity contribution in [3.8, 4) is 5.75 Å². The fraction of sp³-hybridized carbons (Fsp3) is 0.448. The molecule has 15 heteroatoms. The third-order valence-corrected chi connectivity index (χ3v) is 7.92. The number of alkyl halides is 6. The Kier molecular flexibility index (Phi) is 9.38. The monoisotopic (exact) mass is 650 g/mol. The van der Waals surface area contributed by atoms with E-state index in [0.29, 0.717) is 12.3 Å². The predicted octanol–water partition coefficient (Wildman–Crippen LogP) is 6.01. The van der Waals surface area contributed by atoms with Crippen LogP contribution in [0.5, 0.6) is 5.75 Å². The Morgan fingerprint density at radius 3 is 2.23 bits per heavy atom. The highest BCUT2D eigenvalue weighted by Crippen LogP contribution is 2.50. The fourth-order valence-corrected chi connectivity index (χ4v) is 5.52. The van der Waals surface area contributed by atoms with E-state index in [0.717, 1.165) is 30.5 Å². The highest BCUT2D eigenvalue weighted by Gasteiger charge is 2.61. The van der Waals surface area contributed by atoms with Crippen molar-refractivity contribution in [2.45, 2.75) is 68.8 Å². The van der Waals surface area contributed by atoms with Crippen molar-refractivity contribution in [2.75, 3.05) is 12.9 Å². The van der Waals surface area contributed by atoms with Crippen molar-refractivity contribution >= 4 is 27.4 Å². The first kappa shape index (κ1) is 33.3.